The normalized spacial score (nSPS) is 10.5. The van der Waals surface area contributed by atoms with Gasteiger partial charge in [0, 0.05) is 5.69 Å². The highest BCUT2D eigenvalue weighted by atomic mass is 35.5. The molecule has 0 saturated heterocycles. The first-order valence-corrected chi connectivity index (χ1v) is 8.72. The molecule has 126 valence electrons. The number of benzene rings is 3. The van der Waals surface area contributed by atoms with E-state index in [2.05, 4.69) is 10.6 Å². The van der Waals surface area contributed by atoms with Gasteiger partial charge in [0.15, 0.2) is 5.11 Å². The fraction of sp³-hybridized carbons (Fsp3) is 0.0526. The average Bonchev–Trinajstić information content (AvgIpc) is 2.58. The number of carbonyl (C=O) groups excluding carboxylic acids is 1. The molecule has 0 saturated carbocycles. The molecule has 0 radical (unpaired) electrons. The van der Waals surface area contributed by atoms with Crippen LogP contribution in [0.1, 0.15) is 5.56 Å². The van der Waals surface area contributed by atoms with Crippen molar-refractivity contribution in [1.82, 2.24) is 5.32 Å². The van der Waals surface area contributed by atoms with Crippen LogP contribution in [-0.4, -0.2) is 11.0 Å². The minimum absolute atomic E-state index is 0.186. The number of anilines is 1. The maximum Gasteiger partial charge on any atom is 0.230 e. The Labute approximate surface area is 160 Å². The first-order valence-electron chi connectivity index (χ1n) is 7.55. The summed E-state index contributed by atoms with van der Waals surface area (Å²) in [6, 6.07) is 18.9. The van der Waals surface area contributed by atoms with Crippen LogP contribution in [0.15, 0.2) is 60.7 Å². The predicted molar refractivity (Wildman–Crippen MR) is 108 cm³/mol. The van der Waals surface area contributed by atoms with Crippen molar-refractivity contribution in [3.05, 3.63) is 76.3 Å². The summed E-state index contributed by atoms with van der Waals surface area (Å²) < 4.78 is 0. The maximum atomic E-state index is 12.3. The molecule has 3 nitrogen and oxygen atoms in total. The Bertz CT molecular complexity index is 954. The fourth-order valence-electron chi connectivity index (χ4n) is 2.53. The summed E-state index contributed by atoms with van der Waals surface area (Å²) in [5, 5.41) is 8.84. The number of hydrogen-bond acceptors (Lipinski definition) is 2. The molecule has 0 atom stereocenters. The van der Waals surface area contributed by atoms with Crippen molar-refractivity contribution in [2.75, 3.05) is 5.32 Å². The Balaban J connectivity index is 1.65. The average molecular weight is 389 g/mol. The summed E-state index contributed by atoms with van der Waals surface area (Å²) in [7, 11) is 0. The number of amides is 1. The lowest BCUT2D eigenvalue weighted by molar-refractivity contribution is -0.119. The first kappa shape index (κ1) is 17.7. The van der Waals surface area contributed by atoms with Gasteiger partial charge in [-0.3, -0.25) is 4.79 Å². The Morgan fingerprint density at radius 1 is 0.960 bits per heavy atom. The number of halogens is 2. The van der Waals surface area contributed by atoms with Gasteiger partial charge in [-0.15, -0.1) is 0 Å². The minimum atomic E-state index is -0.186. The molecule has 3 aromatic rings. The second-order valence-electron chi connectivity index (χ2n) is 5.45. The van der Waals surface area contributed by atoms with E-state index in [9.17, 15) is 4.79 Å². The Morgan fingerprint density at radius 3 is 2.52 bits per heavy atom. The number of carbonyl (C=O) groups is 1. The molecule has 0 bridgehead atoms. The topological polar surface area (TPSA) is 41.1 Å². The Kier molecular flexibility index (Phi) is 5.53. The minimum Gasteiger partial charge on any atom is -0.332 e. The van der Waals surface area contributed by atoms with Gasteiger partial charge < -0.3 is 10.6 Å². The van der Waals surface area contributed by atoms with Crippen LogP contribution in [0.4, 0.5) is 5.69 Å². The molecule has 1 amide bonds. The van der Waals surface area contributed by atoms with Gasteiger partial charge in [0.1, 0.15) is 0 Å². The number of rotatable bonds is 3. The first-order chi connectivity index (χ1) is 12.0. The lowest BCUT2D eigenvalue weighted by Gasteiger charge is -2.11. The second-order valence-corrected chi connectivity index (χ2v) is 6.67. The van der Waals surface area contributed by atoms with Crippen molar-refractivity contribution in [3.8, 4) is 0 Å². The summed E-state index contributed by atoms with van der Waals surface area (Å²) in [6.45, 7) is 0. The Morgan fingerprint density at radius 2 is 1.72 bits per heavy atom. The van der Waals surface area contributed by atoms with E-state index in [1.165, 1.54) is 0 Å². The molecule has 3 rings (SSSR count). The number of thiocarbonyl (C=S) groups is 1. The molecule has 0 fully saturated rings. The van der Waals surface area contributed by atoms with Gasteiger partial charge in [0.05, 0.1) is 16.5 Å². The third-order valence-electron chi connectivity index (χ3n) is 3.66. The molecule has 0 aliphatic rings. The van der Waals surface area contributed by atoms with E-state index in [1.54, 1.807) is 18.2 Å². The molecule has 0 heterocycles. The molecular formula is C19H14Cl2N2OS. The van der Waals surface area contributed by atoms with Crippen LogP contribution in [0.3, 0.4) is 0 Å². The highest BCUT2D eigenvalue weighted by Crippen LogP contribution is 2.25. The number of fused-ring (bicyclic) bond motifs is 1. The molecule has 0 aromatic heterocycles. The third-order valence-corrected chi connectivity index (χ3v) is 4.60. The van der Waals surface area contributed by atoms with Crippen molar-refractivity contribution >= 4 is 62.9 Å². The molecule has 0 aliphatic heterocycles. The van der Waals surface area contributed by atoms with Crippen LogP contribution in [0.25, 0.3) is 10.8 Å². The fourth-order valence-corrected chi connectivity index (χ4v) is 3.06. The van der Waals surface area contributed by atoms with Crippen LogP contribution in [0, 0.1) is 0 Å². The van der Waals surface area contributed by atoms with Crippen LogP contribution >= 0.6 is 35.4 Å². The van der Waals surface area contributed by atoms with Gasteiger partial charge in [-0.2, -0.15) is 0 Å². The molecule has 2 N–H and O–H groups in total. The maximum absolute atomic E-state index is 12.3. The van der Waals surface area contributed by atoms with E-state index in [1.807, 2.05) is 42.5 Å². The number of nitrogens with one attached hydrogen (secondary N) is 2. The van der Waals surface area contributed by atoms with Crippen LogP contribution < -0.4 is 10.6 Å². The molecule has 6 heteroatoms. The highest BCUT2D eigenvalue weighted by Gasteiger charge is 2.09. The van der Waals surface area contributed by atoms with E-state index >= 15 is 0 Å². The van der Waals surface area contributed by atoms with E-state index in [0.717, 1.165) is 16.3 Å². The monoisotopic (exact) mass is 388 g/mol. The van der Waals surface area contributed by atoms with Crippen molar-refractivity contribution < 1.29 is 4.79 Å². The highest BCUT2D eigenvalue weighted by molar-refractivity contribution is 7.80. The van der Waals surface area contributed by atoms with Gasteiger partial charge in [0.2, 0.25) is 5.91 Å². The molecule has 0 unspecified atom stereocenters. The van der Waals surface area contributed by atoms with E-state index < -0.39 is 0 Å². The van der Waals surface area contributed by atoms with Gasteiger partial charge >= 0.3 is 0 Å². The van der Waals surface area contributed by atoms with Crippen LogP contribution in [0.2, 0.25) is 10.0 Å². The summed E-state index contributed by atoms with van der Waals surface area (Å²) >= 11 is 17.0. The van der Waals surface area contributed by atoms with Crippen molar-refractivity contribution in [2.45, 2.75) is 6.42 Å². The summed E-state index contributed by atoms with van der Waals surface area (Å²) in [5.41, 5.74) is 1.61. The third kappa shape index (κ3) is 4.48. The van der Waals surface area contributed by atoms with E-state index in [4.69, 9.17) is 35.4 Å². The van der Waals surface area contributed by atoms with Gasteiger partial charge in [0.25, 0.3) is 0 Å². The van der Waals surface area contributed by atoms with E-state index in [0.29, 0.717) is 15.7 Å². The molecule has 25 heavy (non-hydrogen) atoms. The smallest absolute Gasteiger partial charge is 0.230 e. The van der Waals surface area contributed by atoms with Crippen LogP contribution in [-0.2, 0) is 11.2 Å². The summed E-state index contributed by atoms with van der Waals surface area (Å²) in [5.74, 6) is -0.186. The SMILES string of the molecule is O=C(Cc1cccc2ccccc12)NC(=S)Nc1ccc(Cl)c(Cl)c1. The number of hydrogen-bond donors (Lipinski definition) is 2. The molecular weight excluding hydrogens is 375 g/mol. The molecule has 0 spiro atoms. The van der Waals surface area contributed by atoms with Crippen molar-refractivity contribution in [3.63, 3.8) is 0 Å². The zero-order valence-corrected chi connectivity index (χ0v) is 15.4. The standard InChI is InChI=1S/C19H14Cl2N2OS/c20-16-9-8-14(11-17(16)21)22-19(25)23-18(24)10-13-6-3-5-12-4-1-2-7-15(12)13/h1-9,11H,10H2,(H2,22,23,24,25). The second kappa shape index (κ2) is 7.83. The zero-order chi connectivity index (χ0) is 17.8. The lowest BCUT2D eigenvalue weighted by atomic mass is 10.0. The van der Waals surface area contributed by atoms with Crippen molar-refractivity contribution in [1.29, 1.82) is 0 Å². The summed E-state index contributed by atoms with van der Waals surface area (Å²) in [4.78, 5) is 12.3. The lowest BCUT2D eigenvalue weighted by Crippen LogP contribution is -2.35. The van der Waals surface area contributed by atoms with E-state index in [-0.39, 0.29) is 17.4 Å². The quantitative estimate of drug-likeness (QED) is 0.605. The predicted octanol–water partition coefficient (Wildman–Crippen LogP) is 5.20. The molecule has 0 aliphatic carbocycles. The van der Waals surface area contributed by atoms with Gasteiger partial charge in [-0.25, -0.2) is 0 Å². The van der Waals surface area contributed by atoms with Crippen molar-refractivity contribution in [2.24, 2.45) is 0 Å². The van der Waals surface area contributed by atoms with Crippen LogP contribution in [0.5, 0.6) is 0 Å². The summed E-state index contributed by atoms with van der Waals surface area (Å²) in [6.07, 6.45) is 0.241. The van der Waals surface area contributed by atoms with Gasteiger partial charge in [-0.05, 0) is 46.8 Å². The molecule has 3 aromatic carbocycles. The largest absolute Gasteiger partial charge is 0.332 e. The van der Waals surface area contributed by atoms with Gasteiger partial charge in [-0.1, -0.05) is 65.7 Å². The zero-order valence-electron chi connectivity index (χ0n) is 13.1. The Hall–Kier alpha value is -2.14.